The van der Waals surface area contributed by atoms with Gasteiger partial charge in [-0.1, -0.05) is 0 Å². The van der Waals surface area contributed by atoms with Crippen molar-refractivity contribution in [2.45, 2.75) is 17.0 Å². The number of hydrogen-bond donors (Lipinski definition) is 1. The van der Waals surface area contributed by atoms with Crippen LogP contribution >= 0.6 is 0 Å². The SMILES string of the molecule is COc1ccnc(C[S+]([O-])c2nc3cc(OC(F)(F)CF)ccc3[nH]2)c1. The van der Waals surface area contributed by atoms with E-state index < -0.39 is 24.0 Å². The predicted octanol–water partition coefficient (Wildman–Crippen LogP) is 3.22. The van der Waals surface area contributed by atoms with E-state index in [1.54, 1.807) is 18.3 Å². The maximum absolute atomic E-state index is 13.0. The van der Waals surface area contributed by atoms with E-state index in [4.69, 9.17) is 4.74 Å². The number of aromatic nitrogens is 3. The number of fused-ring (bicyclic) bond motifs is 1. The molecule has 1 atom stereocenters. The number of halogens is 3. The van der Waals surface area contributed by atoms with Crippen LogP contribution in [0.1, 0.15) is 5.69 Å². The van der Waals surface area contributed by atoms with Gasteiger partial charge in [-0.05, 0) is 18.2 Å². The summed E-state index contributed by atoms with van der Waals surface area (Å²) in [6.45, 7) is -1.94. The molecule has 3 rings (SSSR count). The lowest BCUT2D eigenvalue weighted by Crippen LogP contribution is -2.26. The average Bonchev–Trinajstić information content (AvgIpc) is 3.05. The summed E-state index contributed by atoms with van der Waals surface area (Å²) in [6.07, 6.45) is -2.37. The molecule has 0 radical (unpaired) electrons. The predicted molar refractivity (Wildman–Crippen MR) is 88.5 cm³/mol. The average molecular weight is 385 g/mol. The molecule has 0 aliphatic rings. The molecule has 10 heteroatoms. The van der Waals surface area contributed by atoms with Crippen LogP contribution in [0.25, 0.3) is 11.0 Å². The van der Waals surface area contributed by atoms with E-state index in [2.05, 4.69) is 19.7 Å². The number of aromatic amines is 1. The minimum Gasteiger partial charge on any atom is -0.609 e. The van der Waals surface area contributed by atoms with E-state index >= 15 is 0 Å². The third-order valence-corrected chi connectivity index (χ3v) is 4.56. The van der Waals surface area contributed by atoms with Gasteiger partial charge in [-0.2, -0.15) is 13.8 Å². The Hall–Kier alpha value is -2.46. The van der Waals surface area contributed by atoms with Crippen LogP contribution in [0.4, 0.5) is 13.2 Å². The molecule has 1 aromatic carbocycles. The Morgan fingerprint density at radius 3 is 2.77 bits per heavy atom. The fourth-order valence-corrected chi connectivity index (χ4v) is 3.19. The van der Waals surface area contributed by atoms with Gasteiger partial charge in [0.05, 0.1) is 23.8 Å². The number of methoxy groups -OCH3 is 1. The molecule has 0 bridgehead atoms. The molecule has 26 heavy (non-hydrogen) atoms. The third kappa shape index (κ3) is 4.20. The highest BCUT2D eigenvalue weighted by molar-refractivity contribution is 7.90. The van der Waals surface area contributed by atoms with Crippen molar-refractivity contribution >= 4 is 22.2 Å². The molecule has 2 aromatic heterocycles. The number of imidazole rings is 1. The zero-order chi connectivity index (χ0) is 18.7. The van der Waals surface area contributed by atoms with Crippen molar-refractivity contribution in [2.75, 3.05) is 13.8 Å². The van der Waals surface area contributed by atoms with Crippen molar-refractivity contribution in [3.63, 3.8) is 0 Å². The lowest BCUT2D eigenvalue weighted by molar-refractivity contribution is -0.186. The normalized spacial score (nSPS) is 13.0. The summed E-state index contributed by atoms with van der Waals surface area (Å²) >= 11 is -1.54. The van der Waals surface area contributed by atoms with Gasteiger partial charge in [-0.15, -0.1) is 0 Å². The molecule has 0 aliphatic heterocycles. The summed E-state index contributed by atoms with van der Waals surface area (Å²) in [4.78, 5) is 11.1. The Bertz CT molecular complexity index is 907. The highest BCUT2D eigenvalue weighted by Gasteiger charge is 2.31. The maximum Gasteiger partial charge on any atom is 0.427 e. The molecular formula is C16H14F3N3O3S. The van der Waals surface area contributed by atoms with E-state index in [1.807, 2.05) is 0 Å². The standard InChI is InChI=1S/C16H14F3N3O3S/c1-24-11-4-5-20-10(6-11)8-26(23)15-21-13-3-2-12(7-14(13)22-15)25-16(18,19)9-17/h2-7H,8-9H2,1H3,(H,21,22). The second-order valence-corrected chi connectivity index (χ2v) is 6.64. The van der Waals surface area contributed by atoms with Crippen LogP contribution in [0, 0.1) is 0 Å². The Balaban J connectivity index is 1.79. The third-order valence-electron chi connectivity index (χ3n) is 3.37. The summed E-state index contributed by atoms with van der Waals surface area (Å²) in [5.41, 5.74) is 1.32. The number of ether oxygens (including phenoxy) is 2. The number of alkyl halides is 3. The lowest BCUT2D eigenvalue weighted by atomic mass is 10.3. The summed E-state index contributed by atoms with van der Waals surface area (Å²) in [5, 5.41) is 0.166. The van der Waals surface area contributed by atoms with Crippen LogP contribution in [-0.2, 0) is 16.9 Å². The Kier molecular flexibility index (Phi) is 5.23. The van der Waals surface area contributed by atoms with E-state index in [-0.39, 0.29) is 22.2 Å². The van der Waals surface area contributed by atoms with Gasteiger partial charge >= 0.3 is 11.3 Å². The van der Waals surface area contributed by atoms with E-state index in [0.29, 0.717) is 17.0 Å². The van der Waals surface area contributed by atoms with Crippen LogP contribution in [-0.4, -0.2) is 39.4 Å². The number of pyridine rings is 1. The van der Waals surface area contributed by atoms with Gasteiger partial charge in [-0.3, -0.25) is 9.97 Å². The van der Waals surface area contributed by atoms with Crippen molar-refractivity contribution in [1.82, 2.24) is 15.0 Å². The van der Waals surface area contributed by atoms with Crippen LogP contribution in [0.2, 0.25) is 0 Å². The molecule has 0 aliphatic carbocycles. The molecule has 0 amide bonds. The first-order chi connectivity index (χ1) is 12.4. The first kappa shape index (κ1) is 18.3. The second kappa shape index (κ2) is 7.42. The minimum atomic E-state index is -3.91. The molecule has 2 heterocycles. The molecule has 0 fully saturated rings. The van der Waals surface area contributed by atoms with Gasteiger partial charge in [0.2, 0.25) is 0 Å². The van der Waals surface area contributed by atoms with E-state index in [1.165, 1.54) is 25.3 Å². The van der Waals surface area contributed by atoms with Gasteiger partial charge < -0.3 is 14.0 Å². The molecule has 0 saturated carbocycles. The Labute approximate surface area is 149 Å². The second-order valence-electron chi connectivity index (χ2n) is 5.27. The molecule has 1 N–H and O–H groups in total. The number of nitrogens with zero attached hydrogens (tertiary/aromatic N) is 2. The van der Waals surface area contributed by atoms with Gasteiger partial charge in [0.25, 0.3) is 0 Å². The van der Waals surface area contributed by atoms with E-state index in [9.17, 15) is 17.7 Å². The number of benzene rings is 1. The summed E-state index contributed by atoms with van der Waals surface area (Å²) < 4.78 is 60.0. The molecule has 6 nitrogen and oxygen atoms in total. The van der Waals surface area contributed by atoms with Crippen molar-refractivity contribution in [3.05, 3.63) is 42.2 Å². The molecule has 0 spiro atoms. The van der Waals surface area contributed by atoms with Crippen LogP contribution < -0.4 is 9.47 Å². The molecule has 138 valence electrons. The smallest absolute Gasteiger partial charge is 0.427 e. The summed E-state index contributed by atoms with van der Waals surface area (Å²) in [6, 6.07) is 7.24. The molecule has 1 unspecified atom stereocenters. The topological polar surface area (TPSA) is 83.1 Å². The number of rotatable bonds is 7. The largest absolute Gasteiger partial charge is 0.609 e. The monoisotopic (exact) mass is 385 g/mol. The first-order valence-corrected chi connectivity index (χ1v) is 8.72. The zero-order valence-electron chi connectivity index (χ0n) is 13.5. The van der Waals surface area contributed by atoms with Crippen LogP contribution in [0.15, 0.2) is 41.7 Å². The fraction of sp³-hybridized carbons (Fsp3) is 0.250. The first-order valence-electron chi connectivity index (χ1n) is 7.40. The van der Waals surface area contributed by atoms with Gasteiger partial charge in [-0.25, -0.2) is 4.39 Å². The van der Waals surface area contributed by atoms with Crippen molar-refractivity contribution < 1.29 is 27.2 Å². The lowest BCUT2D eigenvalue weighted by Gasteiger charge is -2.13. The number of nitrogens with one attached hydrogen (secondary N) is 1. The van der Waals surface area contributed by atoms with Crippen LogP contribution in [0.3, 0.4) is 0 Å². The summed E-state index contributed by atoms with van der Waals surface area (Å²) in [5.74, 6) is 0.450. The van der Waals surface area contributed by atoms with Gasteiger partial charge in [0.15, 0.2) is 12.4 Å². The maximum atomic E-state index is 13.0. The van der Waals surface area contributed by atoms with Crippen molar-refractivity contribution in [1.29, 1.82) is 0 Å². The Morgan fingerprint density at radius 2 is 2.04 bits per heavy atom. The van der Waals surface area contributed by atoms with Crippen molar-refractivity contribution in [2.24, 2.45) is 0 Å². The zero-order valence-corrected chi connectivity index (χ0v) is 14.4. The number of H-pyrrole nitrogens is 1. The minimum absolute atomic E-state index is 0.0975. The van der Waals surface area contributed by atoms with Gasteiger partial charge in [0, 0.05) is 29.5 Å². The molecule has 0 saturated heterocycles. The molecule has 3 aromatic rings. The van der Waals surface area contributed by atoms with Crippen molar-refractivity contribution in [3.8, 4) is 11.5 Å². The highest BCUT2D eigenvalue weighted by Crippen LogP contribution is 2.26. The summed E-state index contributed by atoms with van der Waals surface area (Å²) in [7, 11) is 1.52. The van der Waals surface area contributed by atoms with Gasteiger partial charge in [0.1, 0.15) is 11.5 Å². The fourth-order valence-electron chi connectivity index (χ4n) is 2.20. The number of hydrogen-bond acceptors (Lipinski definition) is 5. The molecular weight excluding hydrogens is 371 g/mol. The van der Waals surface area contributed by atoms with E-state index in [0.717, 1.165) is 0 Å². The highest BCUT2D eigenvalue weighted by atomic mass is 32.2. The quantitative estimate of drug-likeness (QED) is 0.632. The Morgan fingerprint density at radius 1 is 1.23 bits per heavy atom. The van der Waals surface area contributed by atoms with Crippen LogP contribution in [0.5, 0.6) is 11.5 Å².